The average molecular weight is 254 g/mol. The van der Waals surface area contributed by atoms with Gasteiger partial charge in [0.1, 0.15) is 0 Å². The van der Waals surface area contributed by atoms with Crippen molar-refractivity contribution >= 4 is 22.3 Å². The number of nitrogens with two attached hydrogens (primary N) is 1. The van der Waals surface area contributed by atoms with Crippen LogP contribution in [0.1, 0.15) is 13.8 Å². The van der Waals surface area contributed by atoms with E-state index in [1.807, 2.05) is 31.2 Å². The molecule has 2 aromatic rings. The Balaban J connectivity index is 2.53. The second-order valence-electron chi connectivity index (χ2n) is 4.65. The summed E-state index contributed by atoms with van der Waals surface area (Å²) in [6.45, 7) is 5.47. The molecule has 1 heterocycles. The Kier molecular flexibility index (Phi) is 3.86. The van der Waals surface area contributed by atoms with E-state index >= 15 is 0 Å². The maximum Gasteiger partial charge on any atom is 0.0745 e. The minimum absolute atomic E-state index is 0.0359. The fraction of sp³-hybridized carbons (Fsp3) is 0.333. The molecule has 98 valence electrons. The molecular formula is C15H18N4. The van der Waals surface area contributed by atoms with Crippen LogP contribution < -0.4 is 10.6 Å². The first-order valence-electron chi connectivity index (χ1n) is 6.45. The Morgan fingerprint density at radius 2 is 2.16 bits per heavy atom. The molecule has 0 aliphatic heterocycles. The lowest BCUT2D eigenvalue weighted by Gasteiger charge is -2.26. The zero-order chi connectivity index (χ0) is 13.8. The van der Waals surface area contributed by atoms with E-state index < -0.39 is 0 Å². The minimum atomic E-state index is -0.0359. The second-order valence-corrected chi connectivity index (χ2v) is 4.65. The van der Waals surface area contributed by atoms with Crippen LogP contribution in [0, 0.1) is 17.2 Å². The quantitative estimate of drug-likeness (QED) is 0.911. The summed E-state index contributed by atoms with van der Waals surface area (Å²) >= 11 is 0. The van der Waals surface area contributed by atoms with Crippen molar-refractivity contribution < 1.29 is 0 Å². The molecule has 1 aromatic carbocycles. The van der Waals surface area contributed by atoms with Gasteiger partial charge in [-0.25, -0.2) is 0 Å². The number of fused-ring (bicyclic) bond motifs is 1. The lowest BCUT2D eigenvalue weighted by Crippen LogP contribution is -2.28. The number of benzene rings is 1. The van der Waals surface area contributed by atoms with Crippen LogP contribution in [0.25, 0.3) is 10.9 Å². The first-order valence-corrected chi connectivity index (χ1v) is 6.45. The Labute approximate surface area is 113 Å². The number of nitriles is 1. The number of rotatable bonds is 4. The number of hydrogen-bond acceptors (Lipinski definition) is 4. The van der Waals surface area contributed by atoms with Crippen LogP contribution in [0.4, 0.5) is 11.4 Å². The van der Waals surface area contributed by atoms with E-state index in [1.165, 1.54) is 0 Å². The van der Waals surface area contributed by atoms with Gasteiger partial charge in [0.25, 0.3) is 0 Å². The van der Waals surface area contributed by atoms with Crippen LogP contribution in [0.5, 0.6) is 0 Å². The highest BCUT2D eigenvalue weighted by atomic mass is 15.1. The monoisotopic (exact) mass is 254 g/mol. The van der Waals surface area contributed by atoms with Crippen molar-refractivity contribution in [1.82, 2.24) is 4.98 Å². The summed E-state index contributed by atoms with van der Waals surface area (Å²) in [5.74, 6) is -0.0359. The first-order chi connectivity index (χ1) is 9.17. The fourth-order valence-electron chi connectivity index (χ4n) is 2.25. The van der Waals surface area contributed by atoms with E-state index in [1.54, 1.807) is 6.20 Å². The Morgan fingerprint density at radius 1 is 1.42 bits per heavy atom. The number of hydrogen-bond donors (Lipinski definition) is 1. The summed E-state index contributed by atoms with van der Waals surface area (Å²) in [7, 11) is 0. The normalized spacial score (nSPS) is 12.1. The molecule has 0 aliphatic rings. The summed E-state index contributed by atoms with van der Waals surface area (Å²) < 4.78 is 0. The lowest BCUT2D eigenvalue weighted by molar-refractivity contribution is 0.688. The highest BCUT2D eigenvalue weighted by Crippen LogP contribution is 2.31. The molecule has 2 rings (SSSR count). The van der Waals surface area contributed by atoms with E-state index in [0.29, 0.717) is 12.2 Å². The van der Waals surface area contributed by atoms with Crippen LogP contribution in [0.15, 0.2) is 30.5 Å². The topological polar surface area (TPSA) is 65.9 Å². The first kappa shape index (κ1) is 13.2. The van der Waals surface area contributed by atoms with Gasteiger partial charge in [0, 0.05) is 18.5 Å². The van der Waals surface area contributed by atoms with Crippen molar-refractivity contribution in [2.75, 3.05) is 23.7 Å². The maximum atomic E-state index is 8.99. The molecule has 0 bridgehead atoms. The van der Waals surface area contributed by atoms with Crippen molar-refractivity contribution in [2.24, 2.45) is 5.92 Å². The SMILES string of the molecule is CCN(CC(C)C#N)c1c(N)cnc2ccccc12. The third kappa shape index (κ3) is 2.60. The van der Waals surface area contributed by atoms with E-state index in [-0.39, 0.29) is 5.92 Å². The number of pyridine rings is 1. The van der Waals surface area contributed by atoms with Crippen LogP contribution in [0.3, 0.4) is 0 Å². The number of anilines is 2. The predicted octanol–water partition coefficient (Wildman–Crippen LogP) is 2.80. The van der Waals surface area contributed by atoms with Crippen LogP contribution in [0.2, 0.25) is 0 Å². The average Bonchev–Trinajstić information content (AvgIpc) is 2.45. The van der Waals surface area contributed by atoms with E-state index in [9.17, 15) is 0 Å². The molecule has 2 N–H and O–H groups in total. The van der Waals surface area contributed by atoms with Gasteiger partial charge in [-0.05, 0) is 19.9 Å². The van der Waals surface area contributed by atoms with Gasteiger partial charge in [-0.2, -0.15) is 5.26 Å². The minimum Gasteiger partial charge on any atom is -0.396 e. The molecule has 1 atom stereocenters. The summed E-state index contributed by atoms with van der Waals surface area (Å²) in [6, 6.07) is 10.2. The molecular weight excluding hydrogens is 236 g/mol. The molecule has 0 aliphatic carbocycles. The number of nitrogens with zero attached hydrogens (tertiary/aromatic N) is 3. The number of nitrogen functional groups attached to an aromatic ring is 1. The van der Waals surface area contributed by atoms with Gasteiger partial charge < -0.3 is 10.6 Å². The lowest BCUT2D eigenvalue weighted by atomic mass is 10.1. The van der Waals surface area contributed by atoms with Crippen LogP contribution >= 0.6 is 0 Å². The molecule has 19 heavy (non-hydrogen) atoms. The summed E-state index contributed by atoms with van der Waals surface area (Å²) in [6.07, 6.45) is 1.69. The van der Waals surface area contributed by atoms with Crippen molar-refractivity contribution in [3.05, 3.63) is 30.5 Å². The summed E-state index contributed by atoms with van der Waals surface area (Å²) in [5, 5.41) is 10.0. The predicted molar refractivity (Wildman–Crippen MR) is 78.8 cm³/mol. The van der Waals surface area contributed by atoms with Gasteiger partial charge in [-0.1, -0.05) is 18.2 Å². The van der Waals surface area contributed by atoms with Gasteiger partial charge in [-0.3, -0.25) is 4.98 Å². The highest BCUT2D eigenvalue weighted by molar-refractivity contribution is 5.97. The molecule has 4 heteroatoms. The van der Waals surface area contributed by atoms with Crippen molar-refractivity contribution in [2.45, 2.75) is 13.8 Å². The van der Waals surface area contributed by atoms with Crippen molar-refractivity contribution in [3.8, 4) is 6.07 Å². The molecule has 0 amide bonds. The molecule has 0 saturated carbocycles. The Morgan fingerprint density at radius 3 is 2.84 bits per heavy atom. The van der Waals surface area contributed by atoms with Crippen molar-refractivity contribution in [3.63, 3.8) is 0 Å². The largest absolute Gasteiger partial charge is 0.396 e. The zero-order valence-corrected chi connectivity index (χ0v) is 11.3. The second kappa shape index (κ2) is 5.57. The molecule has 4 nitrogen and oxygen atoms in total. The molecule has 0 fully saturated rings. The van der Waals surface area contributed by atoms with Gasteiger partial charge in [0.15, 0.2) is 0 Å². The van der Waals surface area contributed by atoms with Gasteiger partial charge in [0.2, 0.25) is 0 Å². The van der Waals surface area contributed by atoms with E-state index in [0.717, 1.165) is 23.1 Å². The maximum absolute atomic E-state index is 8.99. The number of para-hydroxylation sites is 1. The Hall–Kier alpha value is -2.28. The zero-order valence-electron chi connectivity index (χ0n) is 11.3. The summed E-state index contributed by atoms with van der Waals surface area (Å²) in [4.78, 5) is 6.49. The van der Waals surface area contributed by atoms with Crippen LogP contribution in [-0.4, -0.2) is 18.1 Å². The van der Waals surface area contributed by atoms with Gasteiger partial charge in [0.05, 0.1) is 35.1 Å². The molecule has 0 saturated heterocycles. The third-order valence-electron chi connectivity index (χ3n) is 3.19. The molecule has 1 aromatic heterocycles. The molecule has 0 radical (unpaired) electrons. The van der Waals surface area contributed by atoms with Crippen molar-refractivity contribution in [1.29, 1.82) is 5.26 Å². The Bertz CT molecular complexity index is 615. The molecule has 0 spiro atoms. The van der Waals surface area contributed by atoms with E-state index in [2.05, 4.69) is 22.9 Å². The molecule has 1 unspecified atom stereocenters. The van der Waals surface area contributed by atoms with E-state index in [4.69, 9.17) is 11.0 Å². The highest BCUT2D eigenvalue weighted by Gasteiger charge is 2.15. The fourth-order valence-corrected chi connectivity index (χ4v) is 2.25. The standard InChI is InChI=1S/C15H18N4/c1-3-19(10-11(2)8-16)15-12-6-4-5-7-14(12)18-9-13(15)17/h4-7,9,11H,3,10,17H2,1-2H3. The summed E-state index contributed by atoms with van der Waals surface area (Å²) in [5.41, 5.74) is 8.66. The number of aromatic nitrogens is 1. The smallest absolute Gasteiger partial charge is 0.0745 e. The van der Waals surface area contributed by atoms with Gasteiger partial charge in [-0.15, -0.1) is 0 Å². The van der Waals surface area contributed by atoms with Gasteiger partial charge >= 0.3 is 0 Å². The van der Waals surface area contributed by atoms with Crippen LogP contribution in [-0.2, 0) is 0 Å². The third-order valence-corrected chi connectivity index (χ3v) is 3.19.